The zero-order valence-corrected chi connectivity index (χ0v) is 13.8. The van der Waals surface area contributed by atoms with Crippen molar-refractivity contribution in [3.8, 4) is 0 Å². The van der Waals surface area contributed by atoms with E-state index in [1.54, 1.807) is 22.7 Å². The molecule has 2 aromatic rings. The van der Waals surface area contributed by atoms with Crippen LogP contribution in [0.25, 0.3) is 0 Å². The SMILES string of the molecule is CN(Cc1cc(Br)cs1)c1nc(C2CC2)c(CO)s1. The molecule has 0 radical (unpaired) electrons. The molecule has 3 nitrogen and oxygen atoms in total. The first-order chi connectivity index (χ1) is 9.17. The van der Waals surface area contributed by atoms with E-state index in [0.29, 0.717) is 5.92 Å². The monoisotopic (exact) mass is 358 g/mol. The summed E-state index contributed by atoms with van der Waals surface area (Å²) in [5, 5.41) is 12.5. The second-order valence-electron chi connectivity index (χ2n) is 4.82. The Morgan fingerprint density at radius 1 is 1.53 bits per heavy atom. The molecule has 0 spiro atoms. The van der Waals surface area contributed by atoms with Crippen molar-refractivity contribution in [3.63, 3.8) is 0 Å². The van der Waals surface area contributed by atoms with Crippen molar-refractivity contribution in [2.24, 2.45) is 0 Å². The maximum Gasteiger partial charge on any atom is 0.185 e. The van der Waals surface area contributed by atoms with Crippen LogP contribution in [0, 0.1) is 0 Å². The minimum Gasteiger partial charge on any atom is -0.391 e. The molecule has 3 rings (SSSR count). The first-order valence-electron chi connectivity index (χ1n) is 6.22. The molecule has 0 atom stereocenters. The number of anilines is 1. The van der Waals surface area contributed by atoms with Gasteiger partial charge in [-0.1, -0.05) is 11.3 Å². The molecule has 1 aliphatic carbocycles. The number of hydrogen-bond donors (Lipinski definition) is 1. The van der Waals surface area contributed by atoms with Crippen molar-refractivity contribution >= 4 is 43.7 Å². The Labute approximate surface area is 129 Å². The maximum atomic E-state index is 9.43. The molecule has 19 heavy (non-hydrogen) atoms. The topological polar surface area (TPSA) is 36.4 Å². The van der Waals surface area contributed by atoms with Crippen LogP contribution in [-0.4, -0.2) is 17.1 Å². The third kappa shape index (κ3) is 3.02. The van der Waals surface area contributed by atoms with Gasteiger partial charge < -0.3 is 10.0 Å². The molecule has 0 aliphatic heterocycles. The van der Waals surface area contributed by atoms with Gasteiger partial charge in [0.15, 0.2) is 5.13 Å². The summed E-state index contributed by atoms with van der Waals surface area (Å²) >= 11 is 6.84. The van der Waals surface area contributed by atoms with Crippen LogP contribution in [0.2, 0.25) is 0 Å². The largest absolute Gasteiger partial charge is 0.391 e. The Bertz CT molecular complexity index is 577. The number of nitrogens with zero attached hydrogens (tertiary/aromatic N) is 2. The van der Waals surface area contributed by atoms with Crippen LogP contribution >= 0.6 is 38.6 Å². The van der Waals surface area contributed by atoms with E-state index in [0.717, 1.165) is 26.7 Å². The van der Waals surface area contributed by atoms with Crippen LogP contribution in [-0.2, 0) is 13.2 Å². The third-order valence-electron chi connectivity index (χ3n) is 3.17. The molecule has 1 aliphatic rings. The quantitative estimate of drug-likeness (QED) is 0.878. The number of aromatic nitrogens is 1. The Morgan fingerprint density at radius 3 is 2.89 bits per heavy atom. The van der Waals surface area contributed by atoms with Crippen LogP contribution in [0.1, 0.15) is 34.2 Å². The number of thiazole rings is 1. The lowest BCUT2D eigenvalue weighted by atomic mass is 10.2. The van der Waals surface area contributed by atoms with Gasteiger partial charge in [-0.25, -0.2) is 4.98 Å². The standard InChI is InChI=1S/C13H15BrN2OS2/c1-16(5-10-4-9(14)7-18-10)13-15-12(8-2-3-8)11(6-17)19-13/h4,7-8,17H,2-3,5-6H2,1H3. The number of halogens is 1. The highest BCUT2D eigenvalue weighted by Gasteiger charge is 2.30. The zero-order valence-electron chi connectivity index (χ0n) is 10.6. The fourth-order valence-electron chi connectivity index (χ4n) is 2.04. The molecule has 2 heterocycles. The lowest BCUT2D eigenvalue weighted by Gasteiger charge is -2.14. The van der Waals surface area contributed by atoms with E-state index in [-0.39, 0.29) is 6.61 Å². The van der Waals surface area contributed by atoms with Gasteiger partial charge >= 0.3 is 0 Å². The van der Waals surface area contributed by atoms with Gasteiger partial charge in [-0.05, 0) is 34.8 Å². The minimum atomic E-state index is 0.113. The Morgan fingerprint density at radius 2 is 2.32 bits per heavy atom. The second-order valence-corrected chi connectivity index (χ2v) is 7.80. The summed E-state index contributed by atoms with van der Waals surface area (Å²) in [6.07, 6.45) is 2.44. The van der Waals surface area contributed by atoms with E-state index in [1.807, 2.05) is 0 Å². The van der Waals surface area contributed by atoms with Gasteiger partial charge in [0.25, 0.3) is 0 Å². The number of thiophene rings is 1. The summed E-state index contributed by atoms with van der Waals surface area (Å²) in [6, 6.07) is 2.14. The van der Waals surface area contributed by atoms with Crippen LogP contribution in [0.5, 0.6) is 0 Å². The van der Waals surface area contributed by atoms with E-state index in [9.17, 15) is 5.11 Å². The third-order valence-corrected chi connectivity index (χ3v) is 6.02. The summed E-state index contributed by atoms with van der Waals surface area (Å²) in [4.78, 5) is 9.23. The lowest BCUT2D eigenvalue weighted by Crippen LogP contribution is -2.15. The molecule has 0 amide bonds. The summed E-state index contributed by atoms with van der Waals surface area (Å²) in [5.74, 6) is 0.594. The number of rotatable bonds is 5. The molecule has 0 aromatic carbocycles. The Kier molecular flexibility index (Phi) is 3.93. The molecular formula is C13H15BrN2OS2. The van der Waals surface area contributed by atoms with Gasteiger partial charge in [-0.3, -0.25) is 0 Å². The molecule has 2 aromatic heterocycles. The van der Waals surface area contributed by atoms with Crippen molar-refractivity contribution in [1.82, 2.24) is 4.98 Å². The van der Waals surface area contributed by atoms with Crippen LogP contribution in [0.4, 0.5) is 5.13 Å². The molecular weight excluding hydrogens is 344 g/mol. The van der Waals surface area contributed by atoms with Crippen molar-refractivity contribution in [3.05, 3.63) is 31.4 Å². The number of hydrogen-bond acceptors (Lipinski definition) is 5. The molecule has 0 saturated heterocycles. The molecule has 1 saturated carbocycles. The predicted octanol–water partition coefficient (Wildman–Crippen LogP) is 3.97. The molecule has 0 bridgehead atoms. The highest BCUT2D eigenvalue weighted by molar-refractivity contribution is 9.10. The molecule has 6 heteroatoms. The van der Waals surface area contributed by atoms with Crippen LogP contribution in [0.15, 0.2) is 15.9 Å². The van der Waals surface area contributed by atoms with E-state index in [2.05, 4.69) is 39.3 Å². The fourth-order valence-corrected chi connectivity index (χ4v) is 4.51. The second kappa shape index (κ2) is 5.52. The molecule has 102 valence electrons. The van der Waals surface area contributed by atoms with Gasteiger partial charge in [0.2, 0.25) is 0 Å². The smallest absolute Gasteiger partial charge is 0.185 e. The fraction of sp³-hybridized carbons (Fsp3) is 0.462. The Hall–Kier alpha value is -0.430. The molecule has 1 N–H and O–H groups in total. The normalized spacial score (nSPS) is 14.9. The maximum absolute atomic E-state index is 9.43. The first kappa shape index (κ1) is 13.5. The lowest BCUT2D eigenvalue weighted by molar-refractivity contribution is 0.284. The van der Waals surface area contributed by atoms with E-state index in [1.165, 1.54) is 17.7 Å². The number of aliphatic hydroxyl groups is 1. The first-order valence-corrected chi connectivity index (χ1v) is 8.70. The zero-order chi connectivity index (χ0) is 13.4. The minimum absolute atomic E-state index is 0.113. The van der Waals surface area contributed by atoms with E-state index < -0.39 is 0 Å². The average molecular weight is 359 g/mol. The van der Waals surface area contributed by atoms with Crippen LogP contribution < -0.4 is 4.90 Å². The molecule has 0 unspecified atom stereocenters. The van der Waals surface area contributed by atoms with E-state index >= 15 is 0 Å². The van der Waals surface area contributed by atoms with Crippen molar-refractivity contribution in [1.29, 1.82) is 0 Å². The summed E-state index contributed by atoms with van der Waals surface area (Å²) < 4.78 is 1.13. The highest BCUT2D eigenvalue weighted by atomic mass is 79.9. The van der Waals surface area contributed by atoms with Gasteiger partial charge in [0.1, 0.15) is 0 Å². The van der Waals surface area contributed by atoms with Crippen molar-refractivity contribution < 1.29 is 5.11 Å². The van der Waals surface area contributed by atoms with Crippen molar-refractivity contribution in [2.75, 3.05) is 11.9 Å². The molecule has 1 fully saturated rings. The van der Waals surface area contributed by atoms with Crippen LogP contribution in [0.3, 0.4) is 0 Å². The highest BCUT2D eigenvalue weighted by Crippen LogP contribution is 2.44. The summed E-state index contributed by atoms with van der Waals surface area (Å²) in [5.41, 5.74) is 1.13. The number of aliphatic hydroxyl groups excluding tert-OH is 1. The Balaban J connectivity index is 1.77. The van der Waals surface area contributed by atoms with Gasteiger partial charge in [0, 0.05) is 27.7 Å². The summed E-state index contributed by atoms with van der Waals surface area (Å²) in [7, 11) is 2.06. The van der Waals surface area contributed by atoms with Crippen molar-refractivity contribution in [2.45, 2.75) is 31.9 Å². The van der Waals surface area contributed by atoms with Gasteiger partial charge in [-0.15, -0.1) is 11.3 Å². The summed E-state index contributed by atoms with van der Waals surface area (Å²) in [6.45, 7) is 0.973. The van der Waals surface area contributed by atoms with Gasteiger partial charge in [-0.2, -0.15) is 0 Å². The van der Waals surface area contributed by atoms with Gasteiger partial charge in [0.05, 0.1) is 23.7 Å². The van der Waals surface area contributed by atoms with E-state index in [4.69, 9.17) is 4.98 Å². The predicted molar refractivity (Wildman–Crippen MR) is 84.1 cm³/mol. The average Bonchev–Trinajstić information content (AvgIpc) is 3.01.